The highest BCUT2D eigenvalue weighted by molar-refractivity contribution is 7.19. The molecule has 1 fully saturated rings. The summed E-state index contributed by atoms with van der Waals surface area (Å²) in [7, 11) is 0. The zero-order valence-electron chi connectivity index (χ0n) is 22.5. The van der Waals surface area contributed by atoms with Crippen molar-refractivity contribution in [2.75, 3.05) is 18.4 Å². The molecule has 3 aromatic heterocycles. The highest BCUT2D eigenvalue weighted by atomic mass is 32.1. The summed E-state index contributed by atoms with van der Waals surface area (Å²) in [5.41, 5.74) is 7.40. The maximum Gasteiger partial charge on any atom is 0.234 e. The Morgan fingerprint density at radius 3 is 2.59 bits per heavy atom. The SMILES string of the molecule is N#Cc1nccc(NC2CCN(Cc3ccc(-c4sc5c(c4-c4ccccc4)COc4cnccc4-5)cc3)CC2)n1. The number of nitriles is 1. The maximum atomic E-state index is 9.05. The second-order valence-corrected chi connectivity index (χ2v) is 11.4. The van der Waals surface area contributed by atoms with Crippen LogP contribution in [0.25, 0.3) is 32.0 Å². The third kappa shape index (κ3) is 5.18. The fourth-order valence-electron chi connectivity index (χ4n) is 5.72. The van der Waals surface area contributed by atoms with Crippen LogP contribution in [0, 0.1) is 11.3 Å². The minimum absolute atomic E-state index is 0.199. The van der Waals surface area contributed by atoms with Gasteiger partial charge < -0.3 is 10.1 Å². The minimum atomic E-state index is 0.199. The van der Waals surface area contributed by atoms with Crippen LogP contribution in [0.5, 0.6) is 5.75 Å². The zero-order valence-corrected chi connectivity index (χ0v) is 23.3. The summed E-state index contributed by atoms with van der Waals surface area (Å²) in [4.78, 5) is 17.5. The Kier molecular flexibility index (Phi) is 6.89. The van der Waals surface area contributed by atoms with E-state index < -0.39 is 0 Å². The topological polar surface area (TPSA) is 87.0 Å². The predicted octanol–water partition coefficient (Wildman–Crippen LogP) is 6.77. The molecule has 0 bridgehead atoms. The molecular weight excluding hydrogens is 528 g/mol. The van der Waals surface area contributed by atoms with Gasteiger partial charge in [-0.25, -0.2) is 9.97 Å². The molecule has 0 radical (unpaired) electrons. The number of hydrogen-bond acceptors (Lipinski definition) is 8. The summed E-state index contributed by atoms with van der Waals surface area (Å²) in [6, 6.07) is 25.9. The lowest BCUT2D eigenvalue weighted by molar-refractivity contribution is 0.211. The Morgan fingerprint density at radius 2 is 1.78 bits per heavy atom. The smallest absolute Gasteiger partial charge is 0.234 e. The molecule has 8 heteroatoms. The van der Waals surface area contributed by atoms with E-state index in [0.717, 1.165) is 49.6 Å². The van der Waals surface area contributed by atoms with Crippen molar-refractivity contribution in [3.05, 3.63) is 102 Å². The van der Waals surface area contributed by atoms with Crippen LogP contribution in [-0.2, 0) is 13.2 Å². The molecule has 0 atom stereocenters. The Hall–Kier alpha value is -4.58. The van der Waals surface area contributed by atoms with E-state index in [1.165, 1.54) is 37.6 Å². The molecule has 0 unspecified atom stereocenters. The molecule has 2 aliphatic rings. The van der Waals surface area contributed by atoms with E-state index in [1.54, 1.807) is 6.20 Å². The van der Waals surface area contributed by atoms with Gasteiger partial charge in [-0.05, 0) is 41.7 Å². The first kappa shape index (κ1) is 25.4. The Labute approximate surface area is 243 Å². The number of ether oxygens (including phenoxy) is 1. The van der Waals surface area contributed by atoms with Gasteiger partial charge in [-0.3, -0.25) is 9.88 Å². The molecule has 0 amide bonds. The standard InChI is InChI=1S/C33H28N6OS/c34-18-30-36-15-11-29(38-30)37-25-12-16-39(17-13-25)20-22-6-8-24(9-7-22)32-31(23-4-2-1-3-5-23)27-21-40-28-19-35-14-10-26(28)33(27)41-32/h1-11,14-15,19,25H,12-13,16-17,20-21H2,(H,36,37,38). The van der Waals surface area contributed by atoms with Crippen molar-refractivity contribution >= 4 is 17.2 Å². The molecule has 5 aromatic rings. The number of likely N-dealkylation sites (tertiary alicyclic amines) is 1. The number of nitrogens with one attached hydrogen (secondary N) is 1. The highest BCUT2D eigenvalue weighted by Gasteiger charge is 2.27. The number of thiophene rings is 1. The van der Waals surface area contributed by atoms with Gasteiger partial charge in [-0.1, -0.05) is 54.6 Å². The highest BCUT2D eigenvalue weighted by Crippen LogP contribution is 2.51. The lowest BCUT2D eigenvalue weighted by atomic mass is 9.95. The summed E-state index contributed by atoms with van der Waals surface area (Å²) >= 11 is 1.85. The number of rotatable bonds is 6. The molecule has 202 valence electrons. The fourth-order valence-corrected chi connectivity index (χ4v) is 7.09. The van der Waals surface area contributed by atoms with Crippen LogP contribution in [0.1, 0.15) is 29.8 Å². The molecule has 7 rings (SSSR count). The van der Waals surface area contributed by atoms with Gasteiger partial charge in [0.1, 0.15) is 24.2 Å². The molecule has 41 heavy (non-hydrogen) atoms. The first-order valence-corrected chi connectivity index (χ1v) is 14.7. The molecule has 0 spiro atoms. The van der Waals surface area contributed by atoms with Crippen molar-refractivity contribution in [3.63, 3.8) is 0 Å². The molecular formula is C33H28N6OS. The maximum absolute atomic E-state index is 9.05. The summed E-state index contributed by atoms with van der Waals surface area (Å²) in [5.74, 6) is 1.78. The van der Waals surface area contributed by atoms with Crippen LogP contribution < -0.4 is 10.1 Å². The summed E-state index contributed by atoms with van der Waals surface area (Å²) in [6.45, 7) is 3.51. The van der Waals surface area contributed by atoms with Crippen LogP contribution in [0.15, 0.2) is 85.3 Å². The van der Waals surface area contributed by atoms with Crippen LogP contribution in [-0.4, -0.2) is 39.0 Å². The molecule has 2 aromatic carbocycles. The van der Waals surface area contributed by atoms with Crippen LogP contribution >= 0.6 is 11.3 Å². The zero-order chi connectivity index (χ0) is 27.6. The number of benzene rings is 2. The van der Waals surface area contributed by atoms with Gasteiger partial charge in [0.05, 0.1) is 6.20 Å². The van der Waals surface area contributed by atoms with Gasteiger partial charge in [0, 0.05) is 64.5 Å². The van der Waals surface area contributed by atoms with Gasteiger partial charge >= 0.3 is 0 Å². The molecule has 2 aliphatic heterocycles. The van der Waals surface area contributed by atoms with E-state index in [0.29, 0.717) is 12.6 Å². The average molecular weight is 557 g/mol. The number of fused-ring (bicyclic) bond motifs is 3. The lowest BCUT2D eigenvalue weighted by Crippen LogP contribution is -2.38. The van der Waals surface area contributed by atoms with Gasteiger partial charge in [0.2, 0.25) is 5.82 Å². The average Bonchev–Trinajstić information content (AvgIpc) is 3.43. The first-order valence-electron chi connectivity index (χ1n) is 13.8. The van der Waals surface area contributed by atoms with Gasteiger partial charge in [-0.2, -0.15) is 5.26 Å². The quantitative estimate of drug-likeness (QED) is 0.247. The second-order valence-electron chi connectivity index (χ2n) is 10.4. The van der Waals surface area contributed by atoms with Crippen molar-refractivity contribution in [2.45, 2.75) is 32.0 Å². The third-order valence-corrected chi connectivity index (χ3v) is 9.10. The van der Waals surface area contributed by atoms with Crippen LogP contribution in [0.3, 0.4) is 0 Å². The summed E-state index contributed by atoms with van der Waals surface area (Å²) in [5, 5.41) is 12.5. The van der Waals surface area contributed by atoms with Gasteiger partial charge in [0.15, 0.2) is 0 Å². The van der Waals surface area contributed by atoms with Crippen molar-refractivity contribution in [1.29, 1.82) is 5.26 Å². The van der Waals surface area contributed by atoms with E-state index in [9.17, 15) is 0 Å². The Morgan fingerprint density at radius 1 is 0.951 bits per heavy atom. The molecule has 1 N–H and O–H groups in total. The number of pyridine rings is 1. The molecule has 0 saturated carbocycles. The normalized spacial score (nSPS) is 14.9. The molecule has 5 heterocycles. The van der Waals surface area contributed by atoms with Crippen molar-refractivity contribution < 1.29 is 4.74 Å². The number of piperidine rings is 1. The largest absolute Gasteiger partial charge is 0.487 e. The van der Waals surface area contributed by atoms with Crippen molar-refractivity contribution in [1.82, 2.24) is 19.9 Å². The van der Waals surface area contributed by atoms with E-state index in [1.807, 2.05) is 35.9 Å². The van der Waals surface area contributed by atoms with Gasteiger partial charge in [-0.15, -0.1) is 11.3 Å². The lowest BCUT2D eigenvalue weighted by Gasteiger charge is -2.32. The van der Waals surface area contributed by atoms with E-state index in [4.69, 9.17) is 10.00 Å². The van der Waals surface area contributed by atoms with Crippen molar-refractivity contribution in [3.8, 4) is 43.8 Å². The number of anilines is 1. The molecule has 7 nitrogen and oxygen atoms in total. The van der Waals surface area contributed by atoms with Crippen molar-refractivity contribution in [2.24, 2.45) is 0 Å². The van der Waals surface area contributed by atoms with E-state index in [-0.39, 0.29) is 5.82 Å². The summed E-state index contributed by atoms with van der Waals surface area (Å²) in [6.07, 6.45) is 7.35. The Bertz CT molecular complexity index is 1720. The number of nitrogens with zero attached hydrogens (tertiary/aromatic N) is 5. The third-order valence-electron chi connectivity index (χ3n) is 7.79. The fraction of sp³-hybridized carbons (Fsp3) is 0.212. The summed E-state index contributed by atoms with van der Waals surface area (Å²) < 4.78 is 6.13. The first-order chi connectivity index (χ1) is 20.2. The van der Waals surface area contributed by atoms with Crippen LogP contribution in [0.4, 0.5) is 5.82 Å². The van der Waals surface area contributed by atoms with E-state index in [2.05, 4.69) is 85.8 Å². The van der Waals surface area contributed by atoms with Crippen LogP contribution in [0.2, 0.25) is 0 Å². The minimum Gasteiger partial charge on any atom is -0.487 e. The van der Waals surface area contributed by atoms with Gasteiger partial charge in [0.25, 0.3) is 0 Å². The molecule has 1 saturated heterocycles. The van der Waals surface area contributed by atoms with E-state index >= 15 is 0 Å². The number of aromatic nitrogens is 3. The second kappa shape index (κ2) is 11.1. The monoisotopic (exact) mass is 556 g/mol. The Balaban J connectivity index is 1.08. The predicted molar refractivity (Wildman–Crippen MR) is 161 cm³/mol. The molecule has 0 aliphatic carbocycles. The number of hydrogen-bond donors (Lipinski definition) is 1.